The van der Waals surface area contributed by atoms with Gasteiger partial charge in [-0.15, -0.1) is 0 Å². The van der Waals surface area contributed by atoms with Gasteiger partial charge >= 0.3 is 0 Å². The summed E-state index contributed by atoms with van der Waals surface area (Å²) in [6.45, 7) is 2.57. The summed E-state index contributed by atoms with van der Waals surface area (Å²) in [6, 6.07) is 0. The zero-order chi connectivity index (χ0) is 6.97. The summed E-state index contributed by atoms with van der Waals surface area (Å²) in [6.07, 6.45) is 2.81. The van der Waals surface area contributed by atoms with Crippen molar-refractivity contribution in [2.75, 3.05) is 19.7 Å². The second-order valence-electron chi connectivity index (χ2n) is 3.60. The van der Waals surface area contributed by atoms with Gasteiger partial charge in [-0.25, -0.2) is 0 Å². The van der Waals surface area contributed by atoms with Crippen molar-refractivity contribution < 1.29 is 5.11 Å². The molecule has 58 valence electrons. The molecule has 2 nitrogen and oxygen atoms in total. The van der Waals surface area contributed by atoms with E-state index in [2.05, 4.69) is 5.32 Å². The maximum atomic E-state index is 8.97. The van der Waals surface area contributed by atoms with Crippen LogP contribution in [-0.2, 0) is 0 Å². The number of nitrogens with one attached hydrogen (secondary N) is 1. The summed E-state index contributed by atoms with van der Waals surface area (Å²) < 4.78 is 0. The van der Waals surface area contributed by atoms with E-state index in [9.17, 15) is 0 Å². The Bertz CT molecular complexity index is 122. The van der Waals surface area contributed by atoms with E-state index in [1.165, 1.54) is 12.8 Å². The van der Waals surface area contributed by atoms with Gasteiger partial charge < -0.3 is 10.4 Å². The summed E-state index contributed by atoms with van der Waals surface area (Å²) in [5.74, 6) is 2.31. The zero-order valence-corrected chi connectivity index (χ0v) is 6.21. The molecule has 0 bridgehead atoms. The number of hydrogen-bond acceptors (Lipinski definition) is 2. The second-order valence-corrected chi connectivity index (χ2v) is 3.60. The van der Waals surface area contributed by atoms with Gasteiger partial charge in [0, 0.05) is 13.2 Å². The van der Waals surface area contributed by atoms with E-state index in [1.54, 1.807) is 0 Å². The fourth-order valence-corrected chi connectivity index (χ4v) is 2.03. The number of rotatable bonds is 2. The summed E-state index contributed by atoms with van der Waals surface area (Å²) >= 11 is 0. The van der Waals surface area contributed by atoms with Crippen molar-refractivity contribution in [3.8, 4) is 0 Å². The van der Waals surface area contributed by atoms with Crippen LogP contribution >= 0.6 is 0 Å². The first-order valence-corrected chi connectivity index (χ1v) is 4.23. The molecule has 1 aliphatic heterocycles. The molecular formula is C8H15NO. The Morgan fingerprint density at radius 3 is 2.70 bits per heavy atom. The van der Waals surface area contributed by atoms with Crippen LogP contribution in [-0.4, -0.2) is 24.8 Å². The standard InChI is InChI=1S/C8H15NO/c10-5-7-3-9-4-8(7)6-1-2-6/h6-10H,1-5H2. The average molecular weight is 141 g/mol. The van der Waals surface area contributed by atoms with Crippen molar-refractivity contribution in [3.05, 3.63) is 0 Å². The number of hydrogen-bond donors (Lipinski definition) is 2. The highest BCUT2D eigenvalue weighted by Crippen LogP contribution is 2.41. The van der Waals surface area contributed by atoms with Gasteiger partial charge in [0.25, 0.3) is 0 Å². The third-order valence-corrected chi connectivity index (χ3v) is 2.85. The van der Waals surface area contributed by atoms with Crippen LogP contribution in [0.2, 0.25) is 0 Å². The van der Waals surface area contributed by atoms with Gasteiger partial charge in [-0.2, -0.15) is 0 Å². The molecule has 1 saturated heterocycles. The summed E-state index contributed by atoms with van der Waals surface area (Å²) in [5.41, 5.74) is 0. The molecule has 0 aromatic rings. The Hall–Kier alpha value is -0.0800. The van der Waals surface area contributed by atoms with Gasteiger partial charge in [-0.1, -0.05) is 0 Å². The van der Waals surface area contributed by atoms with Gasteiger partial charge in [0.1, 0.15) is 0 Å². The van der Waals surface area contributed by atoms with Gasteiger partial charge in [0.05, 0.1) is 0 Å². The minimum Gasteiger partial charge on any atom is -0.396 e. The van der Waals surface area contributed by atoms with Gasteiger partial charge in [-0.05, 0) is 37.1 Å². The van der Waals surface area contributed by atoms with Crippen LogP contribution in [0.4, 0.5) is 0 Å². The SMILES string of the molecule is OCC1CNCC1C1CC1. The second kappa shape index (κ2) is 2.51. The molecule has 0 aromatic heterocycles. The minimum absolute atomic E-state index is 0.383. The first-order chi connectivity index (χ1) is 4.92. The predicted molar refractivity (Wildman–Crippen MR) is 39.7 cm³/mol. The monoisotopic (exact) mass is 141 g/mol. The smallest absolute Gasteiger partial charge is 0.0474 e. The molecule has 0 amide bonds. The van der Waals surface area contributed by atoms with Crippen LogP contribution < -0.4 is 5.32 Å². The molecule has 2 aliphatic rings. The van der Waals surface area contributed by atoms with E-state index in [0.29, 0.717) is 12.5 Å². The Kier molecular flexibility index (Phi) is 1.66. The van der Waals surface area contributed by atoms with Crippen LogP contribution in [0, 0.1) is 17.8 Å². The summed E-state index contributed by atoms with van der Waals surface area (Å²) in [5, 5.41) is 12.3. The Balaban J connectivity index is 1.91. The molecule has 2 atom stereocenters. The van der Waals surface area contributed by atoms with Gasteiger partial charge in [-0.3, -0.25) is 0 Å². The molecule has 2 unspecified atom stereocenters. The largest absolute Gasteiger partial charge is 0.396 e. The zero-order valence-electron chi connectivity index (χ0n) is 6.21. The highest BCUT2D eigenvalue weighted by molar-refractivity contribution is 4.91. The van der Waals surface area contributed by atoms with E-state index in [0.717, 1.165) is 24.9 Å². The van der Waals surface area contributed by atoms with E-state index < -0.39 is 0 Å². The number of aliphatic hydroxyl groups excluding tert-OH is 1. The van der Waals surface area contributed by atoms with Crippen molar-refractivity contribution in [2.24, 2.45) is 17.8 Å². The quantitative estimate of drug-likeness (QED) is 0.576. The normalized spacial score (nSPS) is 40.5. The fourth-order valence-electron chi connectivity index (χ4n) is 2.03. The van der Waals surface area contributed by atoms with Crippen LogP contribution in [0.25, 0.3) is 0 Å². The molecule has 2 rings (SSSR count). The van der Waals surface area contributed by atoms with Crippen LogP contribution in [0.5, 0.6) is 0 Å². The van der Waals surface area contributed by atoms with E-state index in [4.69, 9.17) is 5.11 Å². The Labute approximate surface area is 61.6 Å². The first kappa shape index (κ1) is 6.62. The molecule has 1 saturated carbocycles. The van der Waals surface area contributed by atoms with Crippen LogP contribution in [0.3, 0.4) is 0 Å². The lowest BCUT2D eigenvalue weighted by atomic mass is 9.92. The molecular weight excluding hydrogens is 126 g/mol. The molecule has 10 heavy (non-hydrogen) atoms. The molecule has 0 radical (unpaired) electrons. The van der Waals surface area contributed by atoms with Gasteiger partial charge in [0.2, 0.25) is 0 Å². The average Bonchev–Trinajstić information content (AvgIpc) is 2.69. The lowest BCUT2D eigenvalue weighted by Gasteiger charge is -2.13. The highest BCUT2D eigenvalue weighted by Gasteiger charge is 2.38. The molecule has 2 fully saturated rings. The Morgan fingerprint density at radius 2 is 2.10 bits per heavy atom. The first-order valence-electron chi connectivity index (χ1n) is 4.23. The van der Waals surface area contributed by atoms with E-state index in [-0.39, 0.29) is 0 Å². The Morgan fingerprint density at radius 1 is 1.30 bits per heavy atom. The molecule has 0 aromatic carbocycles. The van der Waals surface area contributed by atoms with Crippen molar-refractivity contribution in [3.63, 3.8) is 0 Å². The third kappa shape index (κ3) is 1.06. The van der Waals surface area contributed by atoms with Crippen molar-refractivity contribution in [1.82, 2.24) is 5.32 Å². The molecule has 1 aliphatic carbocycles. The van der Waals surface area contributed by atoms with E-state index >= 15 is 0 Å². The lowest BCUT2D eigenvalue weighted by molar-refractivity contribution is 0.196. The topological polar surface area (TPSA) is 32.3 Å². The summed E-state index contributed by atoms with van der Waals surface area (Å²) in [7, 11) is 0. The lowest BCUT2D eigenvalue weighted by Crippen LogP contribution is -2.17. The van der Waals surface area contributed by atoms with Crippen LogP contribution in [0.15, 0.2) is 0 Å². The maximum absolute atomic E-state index is 8.97. The minimum atomic E-state index is 0.383. The summed E-state index contributed by atoms with van der Waals surface area (Å²) in [4.78, 5) is 0. The van der Waals surface area contributed by atoms with Crippen LogP contribution in [0.1, 0.15) is 12.8 Å². The predicted octanol–water partition coefficient (Wildman–Crippen LogP) is 0.224. The maximum Gasteiger partial charge on any atom is 0.0474 e. The van der Waals surface area contributed by atoms with Crippen molar-refractivity contribution in [1.29, 1.82) is 0 Å². The highest BCUT2D eigenvalue weighted by atomic mass is 16.3. The van der Waals surface area contributed by atoms with Crippen molar-refractivity contribution >= 4 is 0 Å². The van der Waals surface area contributed by atoms with E-state index in [1.807, 2.05) is 0 Å². The third-order valence-electron chi connectivity index (χ3n) is 2.85. The molecule has 2 heteroatoms. The fraction of sp³-hybridized carbons (Fsp3) is 1.00. The number of aliphatic hydroxyl groups is 1. The molecule has 2 N–H and O–H groups in total. The molecule has 1 heterocycles. The van der Waals surface area contributed by atoms with Crippen molar-refractivity contribution in [2.45, 2.75) is 12.8 Å². The van der Waals surface area contributed by atoms with Gasteiger partial charge in [0.15, 0.2) is 0 Å². The molecule has 0 spiro atoms.